The molecule has 0 spiro atoms. The fourth-order valence-corrected chi connectivity index (χ4v) is 2.58. The van der Waals surface area contributed by atoms with E-state index in [4.69, 9.17) is 0 Å². The van der Waals surface area contributed by atoms with Crippen LogP contribution in [0, 0.1) is 5.82 Å². The number of hydrogen-bond donors (Lipinski definition) is 3. The van der Waals surface area contributed by atoms with E-state index in [2.05, 4.69) is 15.5 Å². The molecular weight excluding hydrogens is 335 g/mol. The molecule has 6 nitrogen and oxygen atoms in total. The largest absolute Gasteiger partial charge is 0.395 e. The van der Waals surface area contributed by atoms with Crippen molar-refractivity contribution in [3.8, 4) is 11.1 Å². The maximum absolute atomic E-state index is 14.4. The number of hydrogen-bond acceptors (Lipinski definition) is 3. The Morgan fingerprint density at radius 1 is 1.19 bits per heavy atom. The van der Waals surface area contributed by atoms with Gasteiger partial charge in [0.15, 0.2) is 0 Å². The topological polar surface area (TPSA) is 81.2 Å². The monoisotopic (exact) mass is 354 g/mol. The van der Waals surface area contributed by atoms with Gasteiger partial charge in [-0.1, -0.05) is 36.4 Å². The Balaban J connectivity index is 1.72. The summed E-state index contributed by atoms with van der Waals surface area (Å²) in [5.74, 6) is -0.541. The van der Waals surface area contributed by atoms with Crippen LogP contribution in [-0.2, 0) is 6.54 Å². The van der Waals surface area contributed by atoms with Crippen LogP contribution in [0.3, 0.4) is 0 Å². The van der Waals surface area contributed by atoms with E-state index in [0.29, 0.717) is 12.1 Å². The Bertz CT molecular complexity index is 853. The van der Waals surface area contributed by atoms with Crippen molar-refractivity contribution in [3.05, 3.63) is 72.3 Å². The maximum Gasteiger partial charge on any atom is 0.322 e. The van der Waals surface area contributed by atoms with E-state index in [1.165, 1.54) is 17.0 Å². The Morgan fingerprint density at radius 2 is 2.00 bits per heavy atom. The second-order valence-corrected chi connectivity index (χ2v) is 5.74. The van der Waals surface area contributed by atoms with Crippen molar-refractivity contribution in [1.82, 2.24) is 15.1 Å². The van der Waals surface area contributed by atoms with E-state index in [0.717, 1.165) is 11.1 Å². The summed E-state index contributed by atoms with van der Waals surface area (Å²) in [6.45, 7) is 0.291. The SMILES string of the molecule is O=C(Nc1ccc(-c2cn[nH]c2)cc1F)N(CCO)Cc1ccccc1. The number of anilines is 1. The molecule has 0 saturated heterocycles. The third-order valence-electron chi connectivity index (χ3n) is 3.92. The molecule has 7 heteroatoms. The lowest BCUT2D eigenvalue weighted by molar-refractivity contribution is 0.185. The maximum atomic E-state index is 14.4. The predicted molar refractivity (Wildman–Crippen MR) is 96.9 cm³/mol. The van der Waals surface area contributed by atoms with Crippen LogP contribution >= 0.6 is 0 Å². The van der Waals surface area contributed by atoms with Crippen molar-refractivity contribution >= 4 is 11.7 Å². The van der Waals surface area contributed by atoms with Gasteiger partial charge in [-0.05, 0) is 23.3 Å². The molecule has 1 heterocycles. The number of H-pyrrole nitrogens is 1. The van der Waals surface area contributed by atoms with Gasteiger partial charge >= 0.3 is 6.03 Å². The number of rotatable bonds is 6. The first-order valence-corrected chi connectivity index (χ1v) is 8.17. The third kappa shape index (κ3) is 4.25. The summed E-state index contributed by atoms with van der Waals surface area (Å²) in [7, 11) is 0. The highest BCUT2D eigenvalue weighted by atomic mass is 19.1. The third-order valence-corrected chi connectivity index (χ3v) is 3.92. The number of amides is 2. The highest BCUT2D eigenvalue weighted by Crippen LogP contribution is 2.23. The number of urea groups is 1. The van der Waals surface area contributed by atoms with E-state index in [1.807, 2.05) is 30.3 Å². The lowest BCUT2D eigenvalue weighted by Gasteiger charge is -2.22. The van der Waals surface area contributed by atoms with Gasteiger partial charge in [-0.15, -0.1) is 0 Å². The molecule has 0 aliphatic carbocycles. The molecule has 3 rings (SSSR count). The van der Waals surface area contributed by atoms with Crippen molar-refractivity contribution in [1.29, 1.82) is 0 Å². The Kier molecular flexibility index (Phi) is 5.60. The molecule has 0 radical (unpaired) electrons. The smallest absolute Gasteiger partial charge is 0.322 e. The van der Waals surface area contributed by atoms with E-state index >= 15 is 0 Å². The van der Waals surface area contributed by atoms with Crippen LogP contribution in [-0.4, -0.2) is 39.4 Å². The molecule has 0 atom stereocenters. The molecule has 0 unspecified atom stereocenters. The molecule has 0 aliphatic heterocycles. The van der Waals surface area contributed by atoms with Gasteiger partial charge in [0.25, 0.3) is 0 Å². The zero-order valence-corrected chi connectivity index (χ0v) is 14.0. The van der Waals surface area contributed by atoms with Crippen LogP contribution in [0.4, 0.5) is 14.9 Å². The molecule has 134 valence electrons. The summed E-state index contributed by atoms with van der Waals surface area (Å²) in [5, 5.41) is 18.3. The van der Waals surface area contributed by atoms with Crippen LogP contribution in [0.25, 0.3) is 11.1 Å². The minimum atomic E-state index is -0.541. The molecule has 3 N–H and O–H groups in total. The molecule has 0 fully saturated rings. The average Bonchev–Trinajstić information content (AvgIpc) is 3.18. The van der Waals surface area contributed by atoms with Crippen molar-refractivity contribution in [2.75, 3.05) is 18.5 Å². The molecule has 0 saturated carbocycles. The number of aromatic nitrogens is 2. The van der Waals surface area contributed by atoms with Gasteiger partial charge in [0.1, 0.15) is 5.82 Å². The second-order valence-electron chi connectivity index (χ2n) is 5.74. The summed E-state index contributed by atoms with van der Waals surface area (Å²) in [4.78, 5) is 13.9. The Morgan fingerprint density at radius 3 is 2.65 bits per heavy atom. The van der Waals surface area contributed by atoms with Gasteiger partial charge in [-0.2, -0.15) is 5.10 Å². The first kappa shape index (κ1) is 17.6. The van der Waals surface area contributed by atoms with E-state index in [9.17, 15) is 14.3 Å². The average molecular weight is 354 g/mol. The van der Waals surface area contributed by atoms with Crippen LogP contribution in [0.2, 0.25) is 0 Å². The number of carbonyl (C=O) groups is 1. The summed E-state index contributed by atoms with van der Waals surface area (Å²) >= 11 is 0. The summed E-state index contributed by atoms with van der Waals surface area (Å²) in [6, 6.07) is 13.5. The highest BCUT2D eigenvalue weighted by Gasteiger charge is 2.16. The zero-order valence-electron chi connectivity index (χ0n) is 14.0. The fraction of sp³-hybridized carbons (Fsp3) is 0.158. The molecule has 2 amide bonds. The first-order valence-electron chi connectivity index (χ1n) is 8.17. The number of benzene rings is 2. The van der Waals surface area contributed by atoms with Crippen molar-refractivity contribution in [3.63, 3.8) is 0 Å². The summed E-state index contributed by atoms with van der Waals surface area (Å²) in [6.07, 6.45) is 3.26. The lowest BCUT2D eigenvalue weighted by Crippen LogP contribution is -2.36. The number of carbonyl (C=O) groups excluding carboxylic acids is 1. The van der Waals surface area contributed by atoms with Crippen molar-refractivity contribution in [2.24, 2.45) is 0 Å². The Hall–Kier alpha value is -3.19. The van der Waals surface area contributed by atoms with Gasteiger partial charge in [-0.3, -0.25) is 5.10 Å². The molecule has 3 aromatic rings. The Labute approximate surface area is 150 Å². The minimum Gasteiger partial charge on any atom is -0.395 e. The summed E-state index contributed by atoms with van der Waals surface area (Å²) in [5.41, 5.74) is 2.42. The van der Waals surface area contributed by atoms with Crippen LogP contribution < -0.4 is 5.32 Å². The molecule has 1 aromatic heterocycles. The highest BCUT2D eigenvalue weighted by molar-refractivity contribution is 5.89. The van der Waals surface area contributed by atoms with Gasteiger partial charge in [0.2, 0.25) is 0 Å². The van der Waals surface area contributed by atoms with Gasteiger partial charge in [0.05, 0.1) is 18.5 Å². The predicted octanol–water partition coefficient (Wildman–Crippen LogP) is 3.24. The van der Waals surface area contributed by atoms with Crippen molar-refractivity contribution in [2.45, 2.75) is 6.54 Å². The first-order chi connectivity index (χ1) is 12.7. The number of aromatic amines is 1. The fourth-order valence-electron chi connectivity index (χ4n) is 2.58. The van der Waals surface area contributed by atoms with Crippen molar-refractivity contribution < 1.29 is 14.3 Å². The van der Waals surface area contributed by atoms with E-state index in [1.54, 1.807) is 18.5 Å². The van der Waals surface area contributed by atoms with Crippen LogP contribution in [0.5, 0.6) is 0 Å². The summed E-state index contributed by atoms with van der Waals surface area (Å²) < 4.78 is 14.4. The molecule has 0 bridgehead atoms. The number of aliphatic hydroxyl groups is 1. The quantitative estimate of drug-likeness (QED) is 0.636. The standard InChI is InChI=1S/C19H19FN4O2/c20-17-10-15(16-11-21-22-12-16)6-7-18(17)23-19(26)24(8-9-25)13-14-4-2-1-3-5-14/h1-7,10-12,25H,8-9,13H2,(H,21,22)(H,23,26). The number of nitrogens with zero attached hydrogens (tertiary/aromatic N) is 2. The molecule has 0 aliphatic rings. The second kappa shape index (κ2) is 8.26. The van der Waals surface area contributed by atoms with Crippen LogP contribution in [0.15, 0.2) is 60.9 Å². The van der Waals surface area contributed by atoms with Gasteiger partial charge in [0, 0.05) is 24.8 Å². The number of halogens is 1. The molecular formula is C19H19FN4O2. The van der Waals surface area contributed by atoms with E-state index in [-0.39, 0.29) is 18.8 Å². The lowest BCUT2D eigenvalue weighted by atomic mass is 10.1. The number of nitrogens with one attached hydrogen (secondary N) is 2. The van der Waals surface area contributed by atoms with Crippen LogP contribution in [0.1, 0.15) is 5.56 Å². The minimum absolute atomic E-state index is 0.0817. The number of aliphatic hydroxyl groups excluding tert-OH is 1. The normalized spacial score (nSPS) is 10.5. The molecule has 2 aromatic carbocycles. The van der Waals surface area contributed by atoms with Gasteiger partial charge < -0.3 is 15.3 Å². The molecule has 26 heavy (non-hydrogen) atoms. The van der Waals surface area contributed by atoms with Gasteiger partial charge in [-0.25, -0.2) is 9.18 Å². The zero-order chi connectivity index (χ0) is 18.4. The van der Waals surface area contributed by atoms with E-state index < -0.39 is 11.8 Å².